The van der Waals surface area contributed by atoms with Gasteiger partial charge in [-0.15, -0.1) is 0 Å². The summed E-state index contributed by atoms with van der Waals surface area (Å²) in [6.07, 6.45) is 1.44. The van der Waals surface area contributed by atoms with Crippen LogP contribution in [0.1, 0.15) is 39.6 Å². The zero-order chi connectivity index (χ0) is 17.7. The number of ether oxygens (including phenoxy) is 1. The SMILES string of the molecule is C=CCOC(=O)c1sc(Cl)nc1C(=O)NC(C)(C)c1ccccc1. The summed E-state index contributed by atoms with van der Waals surface area (Å²) < 4.78 is 5.07. The van der Waals surface area contributed by atoms with Crippen molar-refractivity contribution in [2.24, 2.45) is 0 Å². The van der Waals surface area contributed by atoms with E-state index in [9.17, 15) is 9.59 Å². The van der Waals surface area contributed by atoms with Crippen LogP contribution in [0.5, 0.6) is 0 Å². The first-order chi connectivity index (χ1) is 11.3. The van der Waals surface area contributed by atoms with Gasteiger partial charge in [-0.2, -0.15) is 0 Å². The van der Waals surface area contributed by atoms with Gasteiger partial charge in [0.15, 0.2) is 10.2 Å². The maximum Gasteiger partial charge on any atom is 0.351 e. The number of esters is 1. The molecule has 24 heavy (non-hydrogen) atoms. The van der Waals surface area contributed by atoms with E-state index in [1.807, 2.05) is 44.2 Å². The molecule has 2 aromatic rings. The van der Waals surface area contributed by atoms with E-state index in [0.29, 0.717) is 0 Å². The number of thiazole rings is 1. The van der Waals surface area contributed by atoms with Gasteiger partial charge in [0.25, 0.3) is 5.91 Å². The van der Waals surface area contributed by atoms with Gasteiger partial charge < -0.3 is 10.1 Å². The van der Waals surface area contributed by atoms with E-state index in [4.69, 9.17) is 16.3 Å². The number of hydrogen-bond donors (Lipinski definition) is 1. The van der Waals surface area contributed by atoms with Crippen molar-refractivity contribution in [1.82, 2.24) is 10.3 Å². The van der Waals surface area contributed by atoms with Gasteiger partial charge in [-0.05, 0) is 19.4 Å². The molecule has 1 aromatic carbocycles. The lowest BCUT2D eigenvalue weighted by Gasteiger charge is -2.26. The largest absolute Gasteiger partial charge is 0.457 e. The van der Waals surface area contributed by atoms with E-state index in [2.05, 4.69) is 16.9 Å². The molecular weight excluding hydrogens is 348 g/mol. The van der Waals surface area contributed by atoms with Crippen molar-refractivity contribution in [3.05, 3.63) is 63.6 Å². The first-order valence-electron chi connectivity index (χ1n) is 7.17. The molecule has 0 saturated heterocycles. The van der Waals surface area contributed by atoms with Crippen LogP contribution in [0, 0.1) is 0 Å². The van der Waals surface area contributed by atoms with Crippen LogP contribution in [-0.4, -0.2) is 23.5 Å². The molecule has 0 atom stereocenters. The molecule has 1 aromatic heterocycles. The lowest BCUT2D eigenvalue weighted by Crippen LogP contribution is -2.41. The molecule has 1 amide bonds. The summed E-state index contributed by atoms with van der Waals surface area (Å²) >= 11 is 6.78. The van der Waals surface area contributed by atoms with Crippen molar-refractivity contribution < 1.29 is 14.3 Å². The molecule has 0 aliphatic heterocycles. The van der Waals surface area contributed by atoms with Crippen molar-refractivity contribution in [2.45, 2.75) is 19.4 Å². The highest BCUT2D eigenvalue weighted by Crippen LogP contribution is 2.26. The van der Waals surface area contributed by atoms with E-state index in [1.165, 1.54) is 6.08 Å². The van der Waals surface area contributed by atoms with Gasteiger partial charge >= 0.3 is 5.97 Å². The van der Waals surface area contributed by atoms with Crippen LogP contribution in [-0.2, 0) is 10.3 Å². The Morgan fingerprint density at radius 3 is 2.67 bits per heavy atom. The number of amides is 1. The molecule has 0 aliphatic rings. The molecule has 0 fully saturated rings. The predicted octanol–water partition coefficient (Wildman–Crippen LogP) is 3.80. The third-order valence-electron chi connectivity index (χ3n) is 3.26. The lowest BCUT2D eigenvalue weighted by atomic mass is 9.94. The quantitative estimate of drug-likeness (QED) is 0.625. The maximum atomic E-state index is 12.6. The summed E-state index contributed by atoms with van der Waals surface area (Å²) in [6.45, 7) is 7.25. The van der Waals surface area contributed by atoms with Crippen molar-refractivity contribution in [2.75, 3.05) is 6.61 Å². The first kappa shape index (κ1) is 18.2. The van der Waals surface area contributed by atoms with Crippen molar-refractivity contribution in [3.8, 4) is 0 Å². The summed E-state index contributed by atoms with van der Waals surface area (Å²) in [4.78, 5) is 28.7. The second-order valence-corrected chi connectivity index (χ2v) is 7.06. The minimum Gasteiger partial charge on any atom is -0.457 e. The van der Waals surface area contributed by atoms with Gasteiger partial charge in [-0.3, -0.25) is 4.79 Å². The Labute approximate surface area is 149 Å². The second kappa shape index (κ2) is 7.59. The zero-order valence-electron chi connectivity index (χ0n) is 13.3. The monoisotopic (exact) mass is 364 g/mol. The van der Waals surface area contributed by atoms with Crippen LogP contribution < -0.4 is 5.32 Å². The Morgan fingerprint density at radius 2 is 2.04 bits per heavy atom. The molecule has 0 radical (unpaired) electrons. The van der Waals surface area contributed by atoms with Gasteiger partial charge in [0.1, 0.15) is 11.5 Å². The lowest BCUT2D eigenvalue weighted by molar-refractivity contribution is 0.0550. The molecule has 1 N–H and O–H groups in total. The van der Waals surface area contributed by atoms with Crippen LogP contribution >= 0.6 is 22.9 Å². The van der Waals surface area contributed by atoms with Gasteiger partial charge in [0.05, 0.1) is 5.54 Å². The number of halogens is 1. The second-order valence-electron chi connectivity index (χ2n) is 5.48. The number of carbonyl (C=O) groups is 2. The normalized spacial score (nSPS) is 11.0. The molecule has 0 aliphatic carbocycles. The minimum absolute atomic E-state index is 0.0388. The van der Waals surface area contributed by atoms with Crippen LogP contribution in [0.3, 0.4) is 0 Å². The number of benzene rings is 1. The Hall–Kier alpha value is -2.18. The molecule has 0 spiro atoms. The summed E-state index contributed by atoms with van der Waals surface area (Å²) in [6, 6.07) is 9.50. The minimum atomic E-state index is -0.651. The van der Waals surface area contributed by atoms with Crippen LogP contribution in [0.2, 0.25) is 4.47 Å². The molecule has 126 valence electrons. The third-order valence-corrected chi connectivity index (χ3v) is 4.40. The number of carbonyl (C=O) groups excluding carboxylic acids is 2. The average Bonchev–Trinajstić information content (AvgIpc) is 2.95. The van der Waals surface area contributed by atoms with E-state index < -0.39 is 17.4 Å². The molecule has 1 heterocycles. The van der Waals surface area contributed by atoms with Crippen molar-refractivity contribution in [3.63, 3.8) is 0 Å². The first-order valence-corrected chi connectivity index (χ1v) is 8.37. The fraction of sp³-hybridized carbons (Fsp3) is 0.235. The fourth-order valence-electron chi connectivity index (χ4n) is 2.06. The summed E-state index contributed by atoms with van der Waals surface area (Å²) in [7, 11) is 0. The Balaban J connectivity index is 2.24. The Bertz CT molecular complexity index is 756. The molecule has 5 nitrogen and oxygen atoms in total. The predicted molar refractivity (Wildman–Crippen MR) is 94.5 cm³/mol. The fourth-order valence-corrected chi connectivity index (χ4v) is 3.06. The summed E-state index contributed by atoms with van der Waals surface area (Å²) in [5.74, 6) is -1.14. The summed E-state index contributed by atoms with van der Waals surface area (Å²) in [5, 5.41) is 2.87. The van der Waals surface area contributed by atoms with Crippen molar-refractivity contribution >= 4 is 34.8 Å². The number of nitrogens with zero attached hydrogens (tertiary/aromatic N) is 1. The Morgan fingerprint density at radius 1 is 1.38 bits per heavy atom. The van der Waals surface area contributed by atoms with Crippen LogP contribution in [0.25, 0.3) is 0 Å². The molecular formula is C17H17ClN2O3S. The highest BCUT2D eigenvalue weighted by atomic mass is 35.5. The third kappa shape index (κ3) is 4.21. The molecule has 7 heteroatoms. The Kier molecular flexibility index (Phi) is 5.75. The van der Waals surface area contributed by atoms with Gasteiger partial charge in [0.2, 0.25) is 0 Å². The van der Waals surface area contributed by atoms with Crippen LogP contribution in [0.15, 0.2) is 43.0 Å². The summed E-state index contributed by atoms with van der Waals surface area (Å²) in [5.41, 5.74) is 0.245. The van der Waals surface area contributed by atoms with Gasteiger partial charge in [-0.1, -0.05) is 65.9 Å². The average molecular weight is 365 g/mol. The smallest absolute Gasteiger partial charge is 0.351 e. The zero-order valence-corrected chi connectivity index (χ0v) is 14.9. The standard InChI is InChI=1S/C17H17ClN2O3S/c1-4-10-23-15(22)13-12(19-16(18)24-13)14(21)20-17(2,3)11-8-6-5-7-9-11/h4-9H,1,10H2,2-3H3,(H,20,21). The van der Waals surface area contributed by atoms with E-state index in [0.717, 1.165) is 16.9 Å². The van der Waals surface area contributed by atoms with Gasteiger partial charge in [-0.25, -0.2) is 9.78 Å². The highest BCUT2D eigenvalue weighted by Gasteiger charge is 2.29. The van der Waals surface area contributed by atoms with E-state index in [1.54, 1.807) is 0 Å². The molecule has 2 rings (SSSR count). The molecule has 0 saturated carbocycles. The maximum absolute atomic E-state index is 12.6. The number of rotatable bonds is 6. The van der Waals surface area contributed by atoms with Crippen molar-refractivity contribution in [1.29, 1.82) is 0 Å². The number of nitrogens with one attached hydrogen (secondary N) is 1. The number of hydrogen-bond acceptors (Lipinski definition) is 5. The number of aromatic nitrogens is 1. The van der Waals surface area contributed by atoms with E-state index in [-0.39, 0.29) is 21.6 Å². The topological polar surface area (TPSA) is 68.3 Å². The van der Waals surface area contributed by atoms with E-state index >= 15 is 0 Å². The highest BCUT2D eigenvalue weighted by molar-refractivity contribution is 7.17. The van der Waals surface area contributed by atoms with Crippen LogP contribution in [0.4, 0.5) is 0 Å². The molecule has 0 unspecified atom stereocenters. The van der Waals surface area contributed by atoms with Gasteiger partial charge in [0, 0.05) is 0 Å². The molecule has 0 bridgehead atoms.